The van der Waals surface area contributed by atoms with Crippen molar-refractivity contribution in [1.82, 2.24) is 4.98 Å². The number of rotatable bonds is 3. The lowest BCUT2D eigenvalue weighted by Gasteiger charge is -2.31. The molecule has 6 nitrogen and oxygen atoms in total. The highest BCUT2D eigenvalue weighted by molar-refractivity contribution is 9.10. The highest BCUT2D eigenvalue weighted by atomic mass is 79.9. The van der Waals surface area contributed by atoms with E-state index in [1.165, 1.54) is 11.3 Å². The number of hydrogen-bond acceptors (Lipinski definition) is 7. The van der Waals surface area contributed by atoms with Gasteiger partial charge < -0.3 is 20.1 Å². The summed E-state index contributed by atoms with van der Waals surface area (Å²) in [5.74, 6) is -0.0563. The first-order chi connectivity index (χ1) is 14.8. The van der Waals surface area contributed by atoms with Crippen LogP contribution in [0.1, 0.15) is 40.3 Å². The molecule has 0 bridgehead atoms. The first-order valence-corrected chi connectivity index (χ1v) is 12.0. The average Bonchev–Trinajstić information content (AvgIpc) is 3.12. The van der Waals surface area contributed by atoms with Crippen LogP contribution in [0.5, 0.6) is 0 Å². The standard InChI is InChI=1S/C23H24BrN3O3S/c1-23(2)11-15-16(12-30-23)26-22(24)20-17(15)18(25)21(31-20)19(28)13-3-5-14(6-4-13)27-7-9-29-10-8-27/h3-6H,7-12,25H2,1-2H3. The van der Waals surface area contributed by atoms with E-state index in [-0.39, 0.29) is 11.4 Å². The number of benzene rings is 1. The number of carbonyl (C=O) groups excluding carboxylic acids is 1. The lowest BCUT2D eigenvalue weighted by atomic mass is 9.91. The maximum atomic E-state index is 13.4. The van der Waals surface area contributed by atoms with Crippen LogP contribution < -0.4 is 10.6 Å². The van der Waals surface area contributed by atoms with Crippen molar-refractivity contribution >= 4 is 54.5 Å². The van der Waals surface area contributed by atoms with Gasteiger partial charge in [0, 0.05) is 36.1 Å². The van der Waals surface area contributed by atoms with Crippen LogP contribution in [0.3, 0.4) is 0 Å². The van der Waals surface area contributed by atoms with Crippen LogP contribution in [0, 0.1) is 0 Å². The molecule has 0 saturated carbocycles. The van der Waals surface area contributed by atoms with Gasteiger partial charge in [0.25, 0.3) is 0 Å². The number of aromatic nitrogens is 1. The van der Waals surface area contributed by atoms with Crippen molar-refractivity contribution in [2.24, 2.45) is 0 Å². The first-order valence-electron chi connectivity index (χ1n) is 10.3. The monoisotopic (exact) mass is 501 g/mol. The Morgan fingerprint density at radius 3 is 2.65 bits per heavy atom. The summed E-state index contributed by atoms with van der Waals surface area (Å²) in [7, 11) is 0. The highest BCUT2D eigenvalue weighted by Crippen LogP contribution is 2.44. The van der Waals surface area contributed by atoms with Gasteiger partial charge in [-0.05, 0) is 59.6 Å². The fourth-order valence-corrected chi connectivity index (χ4v) is 6.01. The Balaban J connectivity index is 1.52. The van der Waals surface area contributed by atoms with Crippen LogP contribution >= 0.6 is 27.3 Å². The van der Waals surface area contributed by atoms with Gasteiger partial charge in [0.1, 0.15) is 4.60 Å². The molecule has 0 amide bonds. The van der Waals surface area contributed by atoms with Gasteiger partial charge in [0.2, 0.25) is 5.78 Å². The summed E-state index contributed by atoms with van der Waals surface area (Å²) in [6.07, 6.45) is 0.710. The molecule has 2 N–H and O–H groups in total. The topological polar surface area (TPSA) is 77.7 Å². The van der Waals surface area contributed by atoms with Crippen LogP contribution in [-0.4, -0.2) is 42.7 Å². The van der Waals surface area contributed by atoms with Gasteiger partial charge in [-0.2, -0.15) is 0 Å². The third-order valence-electron chi connectivity index (χ3n) is 5.93. The number of ether oxygens (including phenoxy) is 2. The number of carbonyl (C=O) groups is 1. The minimum absolute atomic E-state index is 0.0563. The third kappa shape index (κ3) is 3.75. The molecule has 1 fully saturated rings. The maximum absolute atomic E-state index is 13.4. The molecule has 31 heavy (non-hydrogen) atoms. The number of nitrogen functional groups attached to an aromatic ring is 1. The summed E-state index contributed by atoms with van der Waals surface area (Å²) >= 11 is 4.98. The Morgan fingerprint density at radius 2 is 1.94 bits per heavy atom. The Hall–Kier alpha value is -2.00. The molecule has 2 aliphatic rings. The van der Waals surface area contributed by atoms with Crippen molar-refractivity contribution in [1.29, 1.82) is 0 Å². The number of morpholine rings is 1. The Labute approximate surface area is 193 Å². The summed E-state index contributed by atoms with van der Waals surface area (Å²) in [5, 5.41) is 0.937. The van der Waals surface area contributed by atoms with E-state index in [1.807, 2.05) is 24.3 Å². The van der Waals surface area contributed by atoms with E-state index in [2.05, 4.69) is 39.7 Å². The summed E-state index contributed by atoms with van der Waals surface area (Å²) in [6, 6.07) is 7.77. The SMILES string of the molecule is CC1(C)Cc2c(nc(Br)c3sc(C(=O)c4ccc(N5CCOCC5)cc4)c(N)c23)CO1. The summed E-state index contributed by atoms with van der Waals surface area (Å²) in [6.45, 7) is 7.76. The second-order valence-corrected chi connectivity index (χ2v) is 10.3. The molecule has 1 aromatic carbocycles. The normalized spacial score (nSPS) is 18.2. The number of nitrogens with zero attached hydrogens (tertiary/aromatic N) is 2. The van der Waals surface area contributed by atoms with Gasteiger partial charge in [-0.3, -0.25) is 4.79 Å². The summed E-state index contributed by atoms with van der Waals surface area (Å²) in [4.78, 5) is 20.9. The number of nitrogens with two attached hydrogens (primary N) is 1. The van der Waals surface area contributed by atoms with Crippen LogP contribution in [-0.2, 0) is 22.5 Å². The van der Waals surface area contributed by atoms with Crippen LogP contribution in [0.2, 0.25) is 0 Å². The van der Waals surface area contributed by atoms with Crippen LogP contribution in [0.15, 0.2) is 28.9 Å². The predicted octanol–water partition coefficient (Wildman–Crippen LogP) is 4.56. The fraction of sp³-hybridized carbons (Fsp3) is 0.391. The van der Waals surface area contributed by atoms with Gasteiger partial charge in [0.05, 0.1) is 46.4 Å². The van der Waals surface area contributed by atoms with Gasteiger partial charge in [0.15, 0.2) is 0 Å². The quantitative estimate of drug-likeness (QED) is 0.418. The molecule has 0 radical (unpaired) electrons. The Bertz CT molecular complexity index is 1170. The first kappa shape index (κ1) is 20.9. The van der Waals surface area contributed by atoms with E-state index in [9.17, 15) is 4.79 Å². The minimum Gasteiger partial charge on any atom is -0.397 e. The van der Waals surface area contributed by atoms with E-state index in [4.69, 9.17) is 15.2 Å². The Morgan fingerprint density at radius 1 is 1.23 bits per heavy atom. The van der Waals surface area contributed by atoms with Gasteiger partial charge >= 0.3 is 0 Å². The van der Waals surface area contributed by atoms with E-state index in [0.717, 1.165) is 53.3 Å². The molecule has 1 saturated heterocycles. The molecule has 2 aromatic heterocycles. The minimum atomic E-state index is -0.288. The number of thiophene rings is 1. The molecule has 3 aromatic rings. The van der Waals surface area contributed by atoms with Crippen LogP contribution in [0.4, 0.5) is 11.4 Å². The number of pyridine rings is 1. The van der Waals surface area contributed by atoms with Crippen LogP contribution in [0.25, 0.3) is 10.1 Å². The molecule has 8 heteroatoms. The number of halogens is 1. The zero-order valence-corrected chi connectivity index (χ0v) is 19.9. The highest BCUT2D eigenvalue weighted by Gasteiger charge is 2.32. The molecule has 162 valence electrons. The molecule has 0 aliphatic carbocycles. The number of hydrogen-bond donors (Lipinski definition) is 1. The molecule has 0 atom stereocenters. The van der Waals surface area contributed by atoms with Crippen molar-refractivity contribution in [3.8, 4) is 0 Å². The molecule has 4 heterocycles. The lowest BCUT2D eigenvalue weighted by Crippen LogP contribution is -2.36. The zero-order chi connectivity index (χ0) is 21.8. The number of fused-ring (bicyclic) bond motifs is 3. The predicted molar refractivity (Wildman–Crippen MR) is 127 cm³/mol. The van der Waals surface area contributed by atoms with Crippen molar-refractivity contribution < 1.29 is 14.3 Å². The second kappa shape index (κ2) is 7.85. The van der Waals surface area contributed by atoms with Crippen molar-refractivity contribution in [3.63, 3.8) is 0 Å². The zero-order valence-electron chi connectivity index (χ0n) is 17.5. The lowest BCUT2D eigenvalue weighted by molar-refractivity contribution is -0.0415. The summed E-state index contributed by atoms with van der Waals surface area (Å²) in [5.41, 5.74) is 10.6. The molecule has 5 rings (SSSR count). The maximum Gasteiger partial charge on any atom is 0.205 e. The molecule has 0 unspecified atom stereocenters. The van der Waals surface area contributed by atoms with Gasteiger partial charge in [-0.25, -0.2) is 4.98 Å². The number of anilines is 2. The van der Waals surface area contributed by atoms with E-state index >= 15 is 0 Å². The van der Waals surface area contributed by atoms with Crippen molar-refractivity contribution in [2.75, 3.05) is 36.9 Å². The number of ketones is 1. The fourth-order valence-electron chi connectivity index (χ4n) is 4.27. The molecule has 2 aliphatic heterocycles. The van der Waals surface area contributed by atoms with Crippen molar-refractivity contribution in [3.05, 3.63) is 50.6 Å². The van der Waals surface area contributed by atoms with Gasteiger partial charge in [-0.1, -0.05) is 0 Å². The molecular weight excluding hydrogens is 478 g/mol. The van der Waals surface area contributed by atoms with Crippen molar-refractivity contribution in [2.45, 2.75) is 32.5 Å². The van der Waals surface area contributed by atoms with E-state index < -0.39 is 0 Å². The van der Waals surface area contributed by atoms with Gasteiger partial charge in [-0.15, -0.1) is 11.3 Å². The third-order valence-corrected chi connectivity index (χ3v) is 7.98. The molecular formula is C23H24BrN3O3S. The smallest absolute Gasteiger partial charge is 0.205 e. The second-order valence-electron chi connectivity index (χ2n) is 8.58. The largest absolute Gasteiger partial charge is 0.397 e. The summed E-state index contributed by atoms with van der Waals surface area (Å²) < 4.78 is 13.0. The van der Waals surface area contributed by atoms with E-state index in [1.54, 1.807) is 0 Å². The Kier molecular flexibility index (Phi) is 5.29. The molecule has 0 spiro atoms. The average molecular weight is 502 g/mol. The van der Waals surface area contributed by atoms with E-state index in [0.29, 0.717) is 33.8 Å².